The van der Waals surface area contributed by atoms with Crippen molar-refractivity contribution < 1.29 is 28.6 Å². The van der Waals surface area contributed by atoms with Gasteiger partial charge in [-0.05, 0) is 25.1 Å². The lowest BCUT2D eigenvalue weighted by molar-refractivity contribution is -0.142. The van der Waals surface area contributed by atoms with Crippen LogP contribution in [0.1, 0.15) is 18.5 Å². The largest absolute Gasteiger partial charge is 0.495 e. The molecule has 0 saturated carbocycles. The Morgan fingerprint density at radius 2 is 1.71 bits per heavy atom. The molecule has 2 aromatic carbocycles. The van der Waals surface area contributed by atoms with Crippen LogP contribution in [0, 0.1) is 0 Å². The van der Waals surface area contributed by atoms with Gasteiger partial charge >= 0.3 is 12.0 Å². The molecule has 31 heavy (non-hydrogen) atoms. The Bertz CT molecular complexity index is 1030. The van der Waals surface area contributed by atoms with Gasteiger partial charge in [0.15, 0.2) is 6.61 Å². The van der Waals surface area contributed by atoms with Crippen LogP contribution >= 0.6 is 0 Å². The lowest BCUT2D eigenvalue weighted by atomic mass is 9.94. The average molecular weight is 425 g/mol. The number of allylic oxidation sites excluding steroid dienone is 1. The number of carbonyl (C=O) groups is 3. The quantitative estimate of drug-likeness (QED) is 0.587. The second-order valence-electron chi connectivity index (χ2n) is 6.63. The van der Waals surface area contributed by atoms with Gasteiger partial charge in [-0.3, -0.25) is 4.79 Å². The third kappa shape index (κ3) is 4.95. The Balaban J connectivity index is 1.96. The van der Waals surface area contributed by atoms with Crippen LogP contribution in [0.25, 0.3) is 0 Å². The molecule has 1 aliphatic heterocycles. The molecule has 9 nitrogen and oxygen atoms in total. The molecule has 9 heteroatoms. The van der Waals surface area contributed by atoms with Crippen molar-refractivity contribution in [2.75, 3.05) is 26.1 Å². The van der Waals surface area contributed by atoms with E-state index >= 15 is 0 Å². The third-order valence-corrected chi connectivity index (χ3v) is 4.67. The first-order valence-electron chi connectivity index (χ1n) is 9.45. The molecule has 0 spiro atoms. The van der Waals surface area contributed by atoms with E-state index in [1.165, 1.54) is 14.2 Å². The fourth-order valence-electron chi connectivity index (χ4n) is 3.21. The van der Waals surface area contributed by atoms with Crippen LogP contribution in [0.2, 0.25) is 0 Å². The van der Waals surface area contributed by atoms with Crippen molar-refractivity contribution in [1.82, 2.24) is 10.6 Å². The number of hydrogen-bond donors (Lipinski definition) is 3. The Hall–Kier alpha value is -4.01. The summed E-state index contributed by atoms with van der Waals surface area (Å²) in [6.45, 7) is 1.33. The molecule has 0 saturated heterocycles. The summed E-state index contributed by atoms with van der Waals surface area (Å²) in [5.74, 6) is -0.136. The number of amides is 3. The van der Waals surface area contributed by atoms with E-state index in [-0.39, 0.29) is 6.61 Å². The highest BCUT2D eigenvalue weighted by Crippen LogP contribution is 2.34. The van der Waals surface area contributed by atoms with Crippen molar-refractivity contribution in [3.05, 3.63) is 65.4 Å². The number of urea groups is 1. The van der Waals surface area contributed by atoms with Gasteiger partial charge in [0.1, 0.15) is 11.5 Å². The van der Waals surface area contributed by atoms with E-state index in [9.17, 15) is 14.4 Å². The fourth-order valence-corrected chi connectivity index (χ4v) is 3.21. The van der Waals surface area contributed by atoms with Crippen LogP contribution in [0.5, 0.6) is 11.5 Å². The van der Waals surface area contributed by atoms with Gasteiger partial charge in [0.25, 0.3) is 5.91 Å². The number of esters is 1. The zero-order valence-corrected chi connectivity index (χ0v) is 17.4. The molecular weight excluding hydrogens is 402 g/mol. The van der Waals surface area contributed by atoms with Crippen molar-refractivity contribution in [3.63, 3.8) is 0 Å². The summed E-state index contributed by atoms with van der Waals surface area (Å²) in [6.07, 6.45) is 0. The van der Waals surface area contributed by atoms with Crippen LogP contribution in [0.15, 0.2) is 59.8 Å². The van der Waals surface area contributed by atoms with E-state index in [1.54, 1.807) is 55.5 Å². The molecule has 1 heterocycles. The van der Waals surface area contributed by atoms with Gasteiger partial charge in [-0.25, -0.2) is 9.59 Å². The molecule has 1 aliphatic rings. The Kier molecular flexibility index (Phi) is 6.76. The second kappa shape index (κ2) is 9.66. The molecule has 3 rings (SSSR count). The number of carbonyl (C=O) groups excluding carboxylic acids is 3. The van der Waals surface area contributed by atoms with Gasteiger partial charge < -0.3 is 30.2 Å². The van der Waals surface area contributed by atoms with Crippen LogP contribution in [-0.4, -0.2) is 38.7 Å². The third-order valence-electron chi connectivity index (χ3n) is 4.67. The molecule has 0 radical (unpaired) electrons. The highest BCUT2D eigenvalue weighted by molar-refractivity contribution is 6.07. The summed E-state index contributed by atoms with van der Waals surface area (Å²) in [5, 5.41) is 8.21. The molecule has 0 fully saturated rings. The summed E-state index contributed by atoms with van der Waals surface area (Å²) in [7, 11) is 2.77. The van der Waals surface area contributed by atoms with Crippen LogP contribution in [-0.2, 0) is 14.3 Å². The first-order chi connectivity index (χ1) is 14.9. The van der Waals surface area contributed by atoms with Crippen LogP contribution in [0.4, 0.5) is 10.5 Å². The number of hydrogen-bond acceptors (Lipinski definition) is 6. The number of ether oxygens (including phenoxy) is 3. The molecule has 0 unspecified atom stereocenters. The normalized spacial score (nSPS) is 15.5. The monoisotopic (exact) mass is 425 g/mol. The summed E-state index contributed by atoms with van der Waals surface area (Å²) < 4.78 is 15.5. The van der Waals surface area contributed by atoms with E-state index < -0.39 is 23.9 Å². The smallest absolute Gasteiger partial charge is 0.343 e. The van der Waals surface area contributed by atoms with E-state index in [0.717, 1.165) is 0 Å². The van der Waals surface area contributed by atoms with E-state index in [2.05, 4.69) is 20.7 Å². The minimum atomic E-state index is -0.808. The van der Waals surface area contributed by atoms with Crippen molar-refractivity contribution in [2.24, 2.45) is 0 Å². The molecule has 0 aromatic heterocycles. The molecule has 3 amide bonds. The second-order valence-corrected chi connectivity index (χ2v) is 6.63. The number of methoxy groups -OCH3 is 2. The van der Waals surface area contributed by atoms with Crippen molar-refractivity contribution in [2.45, 2.75) is 13.0 Å². The maximum absolute atomic E-state index is 13.2. The maximum atomic E-state index is 13.2. The summed E-state index contributed by atoms with van der Waals surface area (Å²) in [6, 6.07) is 12.6. The van der Waals surface area contributed by atoms with Crippen molar-refractivity contribution in [3.8, 4) is 11.5 Å². The Morgan fingerprint density at radius 3 is 2.42 bits per heavy atom. The standard InChI is InChI=1S/C22H23N3O6/c1-13-19(21(27)24-15-9-5-7-11-17(15)29-2)20(25-22(28)23-13)14-8-4-6-10-16(14)31-12-18(26)30-3/h4-11,20H,12H2,1-3H3,(H,24,27)(H2,23,25,28)/t20-/m0/s1. The lowest BCUT2D eigenvalue weighted by Crippen LogP contribution is -2.46. The Labute approximate surface area is 179 Å². The van der Waals surface area contributed by atoms with Gasteiger partial charge in [0.2, 0.25) is 0 Å². The van der Waals surface area contributed by atoms with Crippen LogP contribution in [0.3, 0.4) is 0 Å². The van der Waals surface area contributed by atoms with E-state index in [1.807, 2.05) is 0 Å². The minimum absolute atomic E-state index is 0.291. The highest BCUT2D eigenvalue weighted by atomic mass is 16.6. The lowest BCUT2D eigenvalue weighted by Gasteiger charge is -2.29. The summed E-state index contributed by atoms with van der Waals surface area (Å²) >= 11 is 0. The zero-order chi connectivity index (χ0) is 22.4. The fraction of sp³-hybridized carbons (Fsp3) is 0.227. The number of para-hydroxylation sites is 3. The highest BCUT2D eigenvalue weighted by Gasteiger charge is 2.33. The predicted molar refractivity (Wildman–Crippen MR) is 113 cm³/mol. The number of anilines is 1. The van der Waals surface area contributed by atoms with Gasteiger partial charge in [-0.1, -0.05) is 30.3 Å². The van der Waals surface area contributed by atoms with Gasteiger partial charge in [-0.15, -0.1) is 0 Å². The number of nitrogens with one attached hydrogen (secondary N) is 3. The zero-order valence-electron chi connectivity index (χ0n) is 17.4. The van der Waals surface area contributed by atoms with E-state index in [4.69, 9.17) is 9.47 Å². The van der Waals surface area contributed by atoms with Gasteiger partial charge in [0, 0.05) is 11.3 Å². The topological polar surface area (TPSA) is 115 Å². The Morgan fingerprint density at radius 1 is 1.03 bits per heavy atom. The average Bonchev–Trinajstić information content (AvgIpc) is 2.77. The summed E-state index contributed by atoms with van der Waals surface area (Å²) in [4.78, 5) is 36.9. The van der Waals surface area contributed by atoms with Gasteiger partial charge in [0.05, 0.1) is 31.5 Å². The van der Waals surface area contributed by atoms with Crippen molar-refractivity contribution in [1.29, 1.82) is 0 Å². The molecule has 3 N–H and O–H groups in total. The predicted octanol–water partition coefficient (Wildman–Crippen LogP) is 2.51. The molecule has 0 bridgehead atoms. The molecular formula is C22H23N3O6. The molecule has 1 atom stereocenters. The molecule has 0 aliphatic carbocycles. The SMILES string of the molecule is COC(=O)COc1ccccc1[C@@H]1NC(=O)NC(C)=C1C(=O)Nc1ccccc1OC. The first kappa shape index (κ1) is 21.7. The van der Waals surface area contributed by atoms with Gasteiger partial charge in [-0.2, -0.15) is 0 Å². The van der Waals surface area contributed by atoms with E-state index in [0.29, 0.717) is 34.0 Å². The first-order valence-corrected chi connectivity index (χ1v) is 9.45. The minimum Gasteiger partial charge on any atom is -0.495 e. The van der Waals surface area contributed by atoms with Crippen LogP contribution < -0.4 is 25.4 Å². The molecule has 162 valence electrons. The van der Waals surface area contributed by atoms with Crippen molar-refractivity contribution >= 4 is 23.6 Å². The summed E-state index contributed by atoms with van der Waals surface area (Å²) in [5.41, 5.74) is 1.69. The number of benzene rings is 2. The molecule has 2 aromatic rings. The number of rotatable bonds is 7. The maximum Gasteiger partial charge on any atom is 0.343 e.